The van der Waals surface area contributed by atoms with E-state index in [1.807, 2.05) is 18.2 Å². The number of hydrogen-bond donors (Lipinski definition) is 2. The fourth-order valence-electron chi connectivity index (χ4n) is 2.19. The van der Waals surface area contributed by atoms with Crippen molar-refractivity contribution < 1.29 is 4.79 Å². The van der Waals surface area contributed by atoms with Gasteiger partial charge in [0.1, 0.15) is 5.82 Å². The van der Waals surface area contributed by atoms with Gasteiger partial charge in [-0.3, -0.25) is 4.79 Å². The zero-order chi connectivity index (χ0) is 16.3. The monoisotopic (exact) mass is 312 g/mol. The van der Waals surface area contributed by atoms with E-state index < -0.39 is 0 Å². The number of carbonyl (C=O) groups is 1. The summed E-state index contributed by atoms with van der Waals surface area (Å²) in [5.74, 6) is 0.521. The predicted octanol–water partition coefficient (Wildman–Crippen LogP) is 3.05. The third-order valence-corrected chi connectivity index (χ3v) is 3.53. The molecule has 0 fully saturated rings. The number of benzene rings is 1. The molecule has 0 aliphatic heterocycles. The van der Waals surface area contributed by atoms with E-state index in [2.05, 4.69) is 39.9 Å². The van der Waals surface area contributed by atoms with Crippen molar-refractivity contribution in [2.75, 3.05) is 18.4 Å². The molecule has 0 unspecified atom stereocenters. The van der Waals surface area contributed by atoms with Crippen LogP contribution in [0.3, 0.4) is 0 Å². The Balaban J connectivity index is 1.74. The molecule has 1 heterocycles. The van der Waals surface area contributed by atoms with Gasteiger partial charge in [0.2, 0.25) is 0 Å². The van der Waals surface area contributed by atoms with Crippen molar-refractivity contribution >= 4 is 11.7 Å². The van der Waals surface area contributed by atoms with E-state index >= 15 is 0 Å². The van der Waals surface area contributed by atoms with Crippen molar-refractivity contribution in [3.8, 4) is 0 Å². The maximum Gasteiger partial charge on any atom is 0.271 e. The summed E-state index contributed by atoms with van der Waals surface area (Å²) in [6.07, 6.45) is 4.17. The molecule has 122 valence electrons. The molecule has 0 radical (unpaired) electrons. The van der Waals surface area contributed by atoms with E-state index in [-0.39, 0.29) is 5.91 Å². The average Bonchev–Trinajstić information content (AvgIpc) is 2.60. The standard InChI is InChI=1S/C18H24N4O/c1-2-3-7-13-20-18(23)16-10-11-17(22-21-16)19-14-12-15-8-5-4-6-9-15/h4-6,8-11H,2-3,7,12-14H2,1H3,(H,19,22)(H,20,23). The quantitative estimate of drug-likeness (QED) is 0.698. The van der Waals surface area contributed by atoms with Crippen LogP contribution in [0.5, 0.6) is 0 Å². The van der Waals surface area contributed by atoms with Crippen LogP contribution in [0.2, 0.25) is 0 Å². The summed E-state index contributed by atoms with van der Waals surface area (Å²) in [4.78, 5) is 11.9. The van der Waals surface area contributed by atoms with E-state index in [0.717, 1.165) is 32.2 Å². The molecule has 5 nitrogen and oxygen atoms in total. The number of nitrogens with one attached hydrogen (secondary N) is 2. The highest BCUT2D eigenvalue weighted by molar-refractivity contribution is 5.92. The van der Waals surface area contributed by atoms with Gasteiger partial charge in [-0.25, -0.2) is 0 Å². The first-order chi connectivity index (χ1) is 11.3. The number of anilines is 1. The molecule has 2 aromatic rings. The molecule has 23 heavy (non-hydrogen) atoms. The van der Waals surface area contributed by atoms with Gasteiger partial charge in [0.15, 0.2) is 5.69 Å². The van der Waals surface area contributed by atoms with Crippen LogP contribution in [-0.2, 0) is 6.42 Å². The second kappa shape index (κ2) is 9.56. The fourth-order valence-corrected chi connectivity index (χ4v) is 2.19. The highest BCUT2D eigenvalue weighted by atomic mass is 16.1. The molecule has 1 aromatic heterocycles. The van der Waals surface area contributed by atoms with Crippen molar-refractivity contribution in [1.29, 1.82) is 0 Å². The molecule has 0 atom stereocenters. The third kappa shape index (κ3) is 6.06. The molecule has 0 saturated carbocycles. The maximum absolute atomic E-state index is 11.9. The van der Waals surface area contributed by atoms with Crippen LogP contribution in [0.25, 0.3) is 0 Å². The molecule has 0 saturated heterocycles. The Morgan fingerprint density at radius 1 is 1.00 bits per heavy atom. The number of hydrogen-bond acceptors (Lipinski definition) is 4. The van der Waals surface area contributed by atoms with E-state index in [1.165, 1.54) is 5.56 Å². The topological polar surface area (TPSA) is 66.9 Å². The summed E-state index contributed by atoms with van der Waals surface area (Å²) < 4.78 is 0. The van der Waals surface area contributed by atoms with Crippen molar-refractivity contribution in [2.24, 2.45) is 0 Å². The lowest BCUT2D eigenvalue weighted by molar-refractivity contribution is 0.0947. The van der Waals surface area contributed by atoms with E-state index in [0.29, 0.717) is 18.1 Å². The SMILES string of the molecule is CCCCCNC(=O)c1ccc(NCCc2ccccc2)nn1. The second-order valence-corrected chi connectivity index (χ2v) is 5.43. The first-order valence-electron chi connectivity index (χ1n) is 8.19. The fraction of sp³-hybridized carbons (Fsp3) is 0.389. The summed E-state index contributed by atoms with van der Waals surface area (Å²) >= 11 is 0. The Morgan fingerprint density at radius 2 is 1.83 bits per heavy atom. The van der Waals surface area contributed by atoms with Gasteiger partial charge in [0.05, 0.1) is 0 Å². The van der Waals surface area contributed by atoms with Crippen molar-refractivity contribution in [1.82, 2.24) is 15.5 Å². The minimum atomic E-state index is -0.163. The molecular formula is C18H24N4O. The van der Waals surface area contributed by atoms with Gasteiger partial charge < -0.3 is 10.6 Å². The Kier molecular flexibility index (Phi) is 7.04. The molecule has 0 spiro atoms. The number of nitrogens with zero attached hydrogens (tertiary/aromatic N) is 2. The molecule has 0 aliphatic rings. The number of carbonyl (C=O) groups excluding carboxylic acids is 1. The van der Waals surface area contributed by atoms with E-state index in [1.54, 1.807) is 12.1 Å². The molecule has 0 bridgehead atoms. The van der Waals surface area contributed by atoms with Gasteiger partial charge in [-0.05, 0) is 30.5 Å². The highest BCUT2D eigenvalue weighted by Crippen LogP contribution is 2.04. The summed E-state index contributed by atoms with van der Waals surface area (Å²) in [6, 6.07) is 13.8. The Bertz CT molecular complexity index is 584. The first-order valence-corrected chi connectivity index (χ1v) is 8.19. The maximum atomic E-state index is 11.9. The summed E-state index contributed by atoms with van der Waals surface area (Å²) in [5.41, 5.74) is 1.63. The molecule has 2 rings (SSSR count). The van der Waals surface area contributed by atoms with Crippen LogP contribution in [0.15, 0.2) is 42.5 Å². The zero-order valence-corrected chi connectivity index (χ0v) is 13.6. The van der Waals surface area contributed by atoms with Crippen molar-refractivity contribution in [3.05, 3.63) is 53.7 Å². The molecule has 5 heteroatoms. The lowest BCUT2D eigenvalue weighted by atomic mass is 10.1. The van der Waals surface area contributed by atoms with Gasteiger partial charge in [0.25, 0.3) is 5.91 Å². The van der Waals surface area contributed by atoms with Crippen LogP contribution in [0.1, 0.15) is 42.2 Å². The summed E-state index contributed by atoms with van der Waals surface area (Å²) in [7, 11) is 0. The van der Waals surface area contributed by atoms with Gasteiger partial charge in [-0.15, -0.1) is 10.2 Å². The summed E-state index contributed by atoms with van der Waals surface area (Å²) in [5, 5.41) is 14.1. The van der Waals surface area contributed by atoms with Crippen LogP contribution in [-0.4, -0.2) is 29.2 Å². The zero-order valence-electron chi connectivity index (χ0n) is 13.6. The van der Waals surface area contributed by atoms with Crippen molar-refractivity contribution in [2.45, 2.75) is 32.6 Å². The summed E-state index contributed by atoms with van der Waals surface area (Å²) in [6.45, 7) is 3.60. The average molecular weight is 312 g/mol. The van der Waals surface area contributed by atoms with Gasteiger partial charge in [0, 0.05) is 13.1 Å². The predicted molar refractivity (Wildman–Crippen MR) is 92.5 cm³/mol. The Labute approximate surface area is 137 Å². The number of aromatic nitrogens is 2. The highest BCUT2D eigenvalue weighted by Gasteiger charge is 2.07. The van der Waals surface area contributed by atoms with Crippen LogP contribution in [0.4, 0.5) is 5.82 Å². The third-order valence-electron chi connectivity index (χ3n) is 3.53. The van der Waals surface area contributed by atoms with Crippen LogP contribution < -0.4 is 10.6 Å². The number of amides is 1. The van der Waals surface area contributed by atoms with Gasteiger partial charge >= 0.3 is 0 Å². The van der Waals surface area contributed by atoms with Crippen LogP contribution >= 0.6 is 0 Å². The minimum Gasteiger partial charge on any atom is -0.368 e. The largest absolute Gasteiger partial charge is 0.368 e. The van der Waals surface area contributed by atoms with E-state index in [9.17, 15) is 4.79 Å². The Hall–Kier alpha value is -2.43. The van der Waals surface area contributed by atoms with Crippen molar-refractivity contribution in [3.63, 3.8) is 0 Å². The normalized spacial score (nSPS) is 10.3. The lowest BCUT2D eigenvalue weighted by Crippen LogP contribution is -2.25. The smallest absolute Gasteiger partial charge is 0.271 e. The molecular weight excluding hydrogens is 288 g/mol. The Morgan fingerprint density at radius 3 is 2.52 bits per heavy atom. The second-order valence-electron chi connectivity index (χ2n) is 5.43. The minimum absolute atomic E-state index is 0.163. The van der Waals surface area contributed by atoms with Crippen LogP contribution in [0, 0.1) is 0 Å². The van der Waals surface area contributed by atoms with Gasteiger partial charge in [-0.2, -0.15) is 0 Å². The molecule has 0 aliphatic carbocycles. The molecule has 2 N–H and O–H groups in total. The molecule has 1 amide bonds. The van der Waals surface area contributed by atoms with Gasteiger partial charge in [-0.1, -0.05) is 50.1 Å². The lowest BCUT2D eigenvalue weighted by Gasteiger charge is -2.06. The number of unbranched alkanes of at least 4 members (excludes halogenated alkanes) is 2. The first kappa shape index (κ1) is 16.9. The molecule has 1 aromatic carbocycles. The van der Waals surface area contributed by atoms with E-state index in [4.69, 9.17) is 0 Å². The number of rotatable bonds is 9.